The number of pyridine rings is 1. The molecule has 0 aliphatic rings. The van der Waals surface area contributed by atoms with Crippen LogP contribution in [0.4, 0.5) is 0 Å². The van der Waals surface area contributed by atoms with Crippen LogP contribution in [0.3, 0.4) is 0 Å². The molecule has 0 fully saturated rings. The number of nitrogens with zero attached hydrogens (tertiary/aromatic N) is 1. The lowest BCUT2D eigenvalue weighted by Gasteiger charge is -2.06. The molecule has 0 radical (unpaired) electrons. The van der Waals surface area contributed by atoms with Gasteiger partial charge >= 0.3 is 5.97 Å². The molecule has 2 heterocycles. The SMILES string of the molecule is NCCCCc1c(-c2cnc3ccccc3c2)[nH]c2ccc(C(=O)O)cc12. The molecule has 136 valence electrons. The second-order valence-corrected chi connectivity index (χ2v) is 6.71. The van der Waals surface area contributed by atoms with Crippen LogP contribution in [0, 0.1) is 0 Å². The van der Waals surface area contributed by atoms with Gasteiger partial charge in [-0.15, -0.1) is 0 Å². The summed E-state index contributed by atoms with van der Waals surface area (Å²) >= 11 is 0. The van der Waals surface area contributed by atoms with Crippen LogP contribution in [-0.4, -0.2) is 27.6 Å². The predicted molar refractivity (Wildman–Crippen MR) is 108 cm³/mol. The molecule has 5 nitrogen and oxygen atoms in total. The highest BCUT2D eigenvalue weighted by Crippen LogP contribution is 2.33. The molecule has 4 rings (SSSR count). The highest BCUT2D eigenvalue weighted by Gasteiger charge is 2.15. The third-order valence-corrected chi connectivity index (χ3v) is 4.91. The Morgan fingerprint density at radius 2 is 1.96 bits per heavy atom. The van der Waals surface area contributed by atoms with Crippen LogP contribution in [-0.2, 0) is 6.42 Å². The van der Waals surface area contributed by atoms with E-state index in [0.717, 1.165) is 57.9 Å². The summed E-state index contributed by atoms with van der Waals surface area (Å²) in [7, 11) is 0. The molecule has 0 aliphatic heterocycles. The number of unbranched alkanes of at least 4 members (excludes halogenated alkanes) is 1. The Hall–Kier alpha value is -3.18. The zero-order chi connectivity index (χ0) is 18.8. The minimum absolute atomic E-state index is 0.296. The van der Waals surface area contributed by atoms with Gasteiger partial charge in [-0.2, -0.15) is 0 Å². The Morgan fingerprint density at radius 3 is 2.78 bits per heavy atom. The van der Waals surface area contributed by atoms with Gasteiger partial charge in [0.1, 0.15) is 0 Å². The zero-order valence-corrected chi connectivity index (χ0v) is 14.9. The molecule has 4 N–H and O–H groups in total. The number of carboxylic acids is 1. The molecule has 0 unspecified atom stereocenters. The van der Waals surface area contributed by atoms with Crippen LogP contribution in [0.15, 0.2) is 54.7 Å². The molecule has 0 saturated heterocycles. The van der Waals surface area contributed by atoms with Crippen molar-refractivity contribution in [1.82, 2.24) is 9.97 Å². The number of hydrogen-bond donors (Lipinski definition) is 3. The molecule has 0 spiro atoms. The molecule has 4 aromatic rings. The third kappa shape index (κ3) is 3.29. The van der Waals surface area contributed by atoms with Crippen LogP contribution < -0.4 is 5.73 Å². The summed E-state index contributed by atoms with van der Waals surface area (Å²) in [6, 6.07) is 15.4. The molecule has 27 heavy (non-hydrogen) atoms. The smallest absolute Gasteiger partial charge is 0.335 e. The molecule has 2 aromatic heterocycles. The Kier molecular flexibility index (Phi) is 4.60. The van der Waals surface area contributed by atoms with Gasteiger partial charge in [0.2, 0.25) is 0 Å². The molecule has 5 heteroatoms. The van der Waals surface area contributed by atoms with Gasteiger partial charge in [-0.3, -0.25) is 4.98 Å². The van der Waals surface area contributed by atoms with Crippen molar-refractivity contribution >= 4 is 27.8 Å². The van der Waals surface area contributed by atoms with Crippen LogP contribution in [0.25, 0.3) is 33.1 Å². The summed E-state index contributed by atoms with van der Waals surface area (Å²) in [6.07, 6.45) is 4.59. The number of carbonyl (C=O) groups is 1. The Balaban J connectivity index is 1.88. The van der Waals surface area contributed by atoms with Crippen LogP contribution in [0.2, 0.25) is 0 Å². The van der Waals surface area contributed by atoms with Crippen LogP contribution in [0.5, 0.6) is 0 Å². The van der Waals surface area contributed by atoms with E-state index < -0.39 is 5.97 Å². The first kappa shape index (κ1) is 17.2. The fourth-order valence-electron chi connectivity index (χ4n) is 3.54. The zero-order valence-electron chi connectivity index (χ0n) is 14.9. The number of benzene rings is 2. The van der Waals surface area contributed by atoms with E-state index in [2.05, 4.69) is 16.0 Å². The molecule has 0 atom stereocenters. The molecule has 0 amide bonds. The van der Waals surface area contributed by atoms with Gasteiger partial charge in [-0.25, -0.2) is 4.79 Å². The summed E-state index contributed by atoms with van der Waals surface area (Å²) in [4.78, 5) is 19.5. The van der Waals surface area contributed by atoms with E-state index in [1.165, 1.54) is 0 Å². The van der Waals surface area contributed by atoms with Gasteiger partial charge in [0.15, 0.2) is 0 Å². The van der Waals surface area contributed by atoms with E-state index in [9.17, 15) is 9.90 Å². The van der Waals surface area contributed by atoms with Gasteiger partial charge in [-0.1, -0.05) is 18.2 Å². The first-order chi connectivity index (χ1) is 13.2. The number of aromatic carboxylic acids is 1. The van der Waals surface area contributed by atoms with E-state index in [1.54, 1.807) is 12.1 Å². The summed E-state index contributed by atoms with van der Waals surface area (Å²) in [5, 5.41) is 11.4. The monoisotopic (exact) mass is 359 g/mol. The number of para-hydroxylation sites is 1. The van der Waals surface area contributed by atoms with Crippen molar-refractivity contribution in [2.45, 2.75) is 19.3 Å². The maximum Gasteiger partial charge on any atom is 0.335 e. The number of aromatic nitrogens is 2. The fourth-order valence-corrected chi connectivity index (χ4v) is 3.54. The van der Waals surface area contributed by atoms with Gasteiger partial charge in [-0.05, 0) is 61.7 Å². The number of nitrogens with one attached hydrogen (secondary N) is 1. The quantitative estimate of drug-likeness (QED) is 0.446. The second kappa shape index (κ2) is 7.21. The number of rotatable bonds is 6. The molecule has 0 aliphatic carbocycles. The minimum Gasteiger partial charge on any atom is -0.478 e. The Morgan fingerprint density at radius 1 is 1.11 bits per heavy atom. The summed E-state index contributed by atoms with van der Waals surface area (Å²) in [6.45, 7) is 0.648. The minimum atomic E-state index is -0.917. The van der Waals surface area contributed by atoms with E-state index >= 15 is 0 Å². The van der Waals surface area contributed by atoms with Gasteiger partial charge in [0.05, 0.1) is 16.8 Å². The Labute approximate surface area is 156 Å². The number of aromatic amines is 1. The lowest BCUT2D eigenvalue weighted by atomic mass is 9.99. The maximum atomic E-state index is 11.4. The number of aryl methyl sites for hydroxylation is 1. The lowest BCUT2D eigenvalue weighted by molar-refractivity contribution is 0.0697. The molecular formula is C22H21N3O2. The fraction of sp³-hybridized carbons (Fsp3) is 0.182. The summed E-state index contributed by atoms with van der Waals surface area (Å²) in [5.74, 6) is -0.917. The van der Waals surface area contributed by atoms with Crippen molar-refractivity contribution < 1.29 is 9.90 Å². The second-order valence-electron chi connectivity index (χ2n) is 6.71. The van der Waals surface area contributed by atoms with Crippen molar-refractivity contribution in [3.8, 4) is 11.3 Å². The van der Waals surface area contributed by atoms with E-state index in [-0.39, 0.29) is 0 Å². The van der Waals surface area contributed by atoms with E-state index in [4.69, 9.17) is 5.73 Å². The Bertz CT molecular complexity index is 1130. The highest BCUT2D eigenvalue weighted by atomic mass is 16.4. The van der Waals surface area contributed by atoms with Crippen LogP contribution in [0.1, 0.15) is 28.8 Å². The number of H-pyrrole nitrogens is 1. The summed E-state index contributed by atoms with van der Waals surface area (Å²) in [5.41, 5.74) is 11.0. The van der Waals surface area contributed by atoms with Crippen molar-refractivity contribution in [1.29, 1.82) is 0 Å². The molecule has 0 saturated carbocycles. The number of carboxylic acid groups (broad SMARTS) is 1. The van der Waals surface area contributed by atoms with E-state index in [0.29, 0.717) is 12.1 Å². The lowest BCUT2D eigenvalue weighted by Crippen LogP contribution is -1.99. The normalized spacial score (nSPS) is 11.3. The van der Waals surface area contributed by atoms with Crippen LogP contribution >= 0.6 is 0 Å². The maximum absolute atomic E-state index is 11.4. The average Bonchev–Trinajstić information content (AvgIpc) is 3.05. The first-order valence-corrected chi connectivity index (χ1v) is 9.10. The van der Waals surface area contributed by atoms with Crippen molar-refractivity contribution in [2.75, 3.05) is 6.54 Å². The van der Waals surface area contributed by atoms with E-state index in [1.807, 2.05) is 36.5 Å². The van der Waals surface area contributed by atoms with Gasteiger partial charge in [0.25, 0.3) is 0 Å². The standard InChI is InChI=1S/C22H21N3O2/c23-10-4-3-6-17-18-12-15(22(26)27)8-9-20(18)25-21(17)16-11-14-5-1-2-7-19(14)24-13-16/h1-2,5,7-9,11-13,25H,3-4,6,10,23H2,(H,26,27). The molecule has 2 aromatic carbocycles. The van der Waals surface area contributed by atoms with Crippen molar-refractivity contribution in [3.63, 3.8) is 0 Å². The topological polar surface area (TPSA) is 92.0 Å². The van der Waals surface area contributed by atoms with Crippen molar-refractivity contribution in [3.05, 3.63) is 65.9 Å². The molecule has 0 bridgehead atoms. The largest absolute Gasteiger partial charge is 0.478 e. The highest BCUT2D eigenvalue weighted by molar-refractivity contribution is 5.98. The van der Waals surface area contributed by atoms with Gasteiger partial charge in [0, 0.05) is 28.0 Å². The first-order valence-electron chi connectivity index (χ1n) is 9.10. The molecular weight excluding hydrogens is 338 g/mol. The third-order valence-electron chi connectivity index (χ3n) is 4.91. The number of fused-ring (bicyclic) bond motifs is 2. The summed E-state index contributed by atoms with van der Waals surface area (Å²) < 4.78 is 0. The van der Waals surface area contributed by atoms with Gasteiger partial charge < -0.3 is 15.8 Å². The predicted octanol–water partition coefficient (Wildman–Crippen LogP) is 4.36. The average molecular weight is 359 g/mol. The number of hydrogen-bond acceptors (Lipinski definition) is 3. The van der Waals surface area contributed by atoms with Crippen molar-refractivity contribution in [2.24, 2.45) is 5.73 Å². The number of nitrogens with two attached hydrogens (primary N) is 1.